The normalized spacial score (nSPS) is 13.1. The number of hydrogen-bond acceptors (Lipinski definition) is 2. The van der Waals surface area contributed by atoms with Crippen molar-refractivity contribution in [1.82, 2.24) is 16.0 Å². The van der Waals surface area contributed by atoms with E-state index in [0.29, 0.717) is 19.0 Å². The fourth-order valence-electron chi connectivity index (χ4n) is 2.16. The summed E-state index contributed by atoms with van der Waals surface area (Å²) in [4.78, 5) is 23.3. The van der Waals surface area contributed by atoms with Crippen LogP contribution >= 0.6 is 0 Å². The van der Waals surface area contributed by atoms with Gasteiger partial charge < -0.3 is 16.0 Å². The van der Waals surface area contributed by atoms with Crippen LogP contribution in [0.15, 0.2) is 35.9 Å². The first-order valence-electron chi connectivity index (χ1n) is 8.05. The van der Waals surface area contributed by atoms with Crippen LogP contribution < -0.4 is 16.0 Å². The van der Waals surface area contributed by atoms with E-state index in [-0.39, 0.29) is 11.9 Å². The summed E-state index contributed by atoms with van der Waals surface area (Å²) < 4.78 is 0. The first-order chi connectivity index (χ1) is 11.0. The molecule has 2 rings (SSSR count). The van der Waals surface area contributed by atoms with Gasteiger partial charge in [-0.05, 0) is 43.7 Å². The van der Waals surface area contributed by atoms with Gasteiger partial charge in [-0.2, -0.15) is 0 Å². The predicted octanol–water partition coefficient (Wildman–Crippen LogP) is 2.48. The number of rotatable bonds is 7. The molecule has 0 aliphatic heterocycles. The molecule has 0 heterocycles. The molecule has 0 spiro atoms. The molecular weight excluding hydrogens is 290 g/mol. The molecule has 1 aliphatic rings. The summed E-state index contributed by atoms with van der Waals surface area (Å²) in [5, 5.41) is 8.57. The Labute approximate surface area is 137 Å². The molecule has 0 radical (unpaired) electrons. The number of carbonyl (C=O) groups excluding carboxylic acids is 2. The Bertz CT molecular complexity index is 588. The number of allylic oxidation sites excluding steroid dienone is 1. The minimum absolute atomic E-state index is 0.0898. The molecule has 23 heavy (non-hydrogen) atoms. The van der Waals surface area contributed by atoms with E-state index in [2.05, 4.69) is 16.0 Å². The van der Waals surface area contributed by atoms with Crippen molar-refractivity contribution >= 4 is 11.9 Å². The zero-order valence-electron chi connectivity index (χ0n) is 13.8. The van der Waals surface area contributed by atoms with Crippen molar-refractivity contribution in [3.63, 3.8) is 0 Å². The van der Waals surface area contributed by atoms with Crippen molar-refractivity contribution < 1.29 is 9.59 Å². The van der Waals surface area contributed by atoms with E-state index in [1.807, 2.05) is 38.1 Å². The second-order valence-electron chi connectivity index (χ2n) is 6.27. The van der Waals surface area contributed by atoms with Gasteiger partial charge in [-0.1, -0.05) is 29.8 Å². The Hall–Kier alpha value is -2.30. The quantitative estimate of drug-likeness (QED) is 0.677. The summed E-state index contributed by atoms with van der Waals surface area (Å²) in [5.41, 5.74) is 3.00. The van der Waals surface area contributed by atoms with Crippen LogP contribution in [0.3, 0.4) is 0 Å². The molecule has 0 unspecified atom stereocenters. The molecule has 0 saturated heterocycles. The van der Waals surface area contributed by atoms with Gasteiger partial charge in [0.25, 0.3) is 0 Å². The van der Waals surface area contributed by atoms with Crippen LogP contribution in [0.5, 0.6) is 0 Å². The van der Waals surface area contributed by atoms with Gasteiger partial charge in [0.15, 0.2) is 0 Å². The maximum Gasteiger partial charge on any atom is 0.315 e. The molecule has 1 saturated carbocycles. The summed E-state index contributed by atoms with van der Waals surface area (Å²) in [6, 6.07) is 7.72. The molecule has 0 bridgehead atoms. The molecule has 1 aliphatic carbocycles. The van der Waals surface area contributed by atoms with Crippen molar-refractivity contribution in [2.45, 2.75) is 39.8 Å². The lowest BCUT2D eigenvalue weighted by molar-refractivity contribution is -0.116. The van der Waals surface area contributed by atoms with Gasteiger partial charge in [0.05, 0.1) is 0 Å². The third-order valence-electron chi connectivity index (χ3n) is 3.58. The molecule has 3 amide bonds. The Balaban J connectivity index is 1.75. The van der Waals surface area contributed by atoms with Crippen LogP contribution in [-0.2, 0) is 17.9 Å². The maximum atomic E-state index is 11.7. The van der Waals surface area contributed by atoms with Crippen LogP contribution in [0.2, 0.25) is 0 Å². The molecule has 124 valence electrons. The molecule has 0 aromatic heterocycles. The molecule has 0 atom stereocenters. The van der Waals surface area contributed by atoms with Crippen LogP contribution in [0, 0.1) is 5.92 Å². The minimum Gasteiger partial charge on any atom is -0.348 e. The lowest BCUT2D eigenvalue weighted by Crippen LogP contribution is -2.36. The third-order valence-corrected chi connectivity index (χ3v) is 3.58. The molecular formula is C18H25N3O2. The van der Waals surface area contributed by atoms with Crippen molar-refractivity contribution in [2.24, 2.45) is 5.92 Å². The smallest absolute Gasteiger partial charge is 0.315 e. The molecule has 1 aromatic carbocycles. The number of urea groups is 1. The SMILES string of the molecule is CC(C)=CC(=O)NCc1cccc(CNC(=O)NCC2CC2)c1. The summed E-state index contributed by atoms with van der Waals surface area (Å²) in [7, 11) is 0. The summed E-state index contributed by atoms with van der Waals surface area (Å²) in [6.07, 6.45) is 4.02. The van der Waals surface area contributed by atoms with E-state index in [4.69, 9.17) is 0 Å². The second-order valence-corrected chi connectivity index (χ2v) is 6.27. The standard InChI is InChI=1S/C18H25N3O2/c1-13(2)8-17(22)19-11-15-4-3-5-16(9-15)12-21-18(23)20-10-14-6-7-14/h3-5,8-9,14H,6-7,10-12H2,1-2H3,(H,19,22)(H2,20,21,23). The number of nitrogens with one attached hydrogen (secondary N) is 3. The fourth-order valence-corrected chi connectivity index (χ4v) is 2.16. The zero-order valence-corrected chi connectivity index (χ0v) is 13.8. The second kappa shape index (κ2) is 8.36. The van der Waals surface area contributed by atoms with E-state index < -0.39 is 0 Å². The topological polar surface area (TPSA) is 70.2 Å². The number of amides is 3. The van der Waals surface area contributed by atoms with Crippen molar-refractivity contribution in [1.29, 1.82) is 0 Å². The average Bonchev–Trinajstić information content (AvgIpc) is 3.33. The highest BCUT2D eigenvalue weighted by Crippen LogP contribution is 2.27. The highest BCUT2D eigenvalue weighted by molar-refractivity contribution is 5.87. The molecule has 5 heteroatoms. The van der Waals surface area contributed by atoms with Crippen LogP contribution in [0.4, 0.5) is 4.79 Å². The fraction of sp³-hybridized carbons (Fsp3) is 0.444. The first-order valence-corrected chi connectivity index (χ1v) is 8.05. The highest BCUT2D eigenvalue weighted by atomic mass is 16.2. The monoisotopic (exact) mass is 315 g/mol. The molecule has 1 fully saturated rings. The molecule has 3 N–H and O–H groups in total. The minimum atomic E-state index is -0.126. The first kappa shape index (κ1) is 17.1. The Kier molecular flexibility index (Phi) is 6.20. The van der Waals surface area contributed by atoms with Gasteiger partial charge in [-0.15, -0.1) is 0 Å². The van der Waals surface area contributed by atoms with Crippen molar-refractivity contribution in [3.8, 4) is 0 Å². The predicted molar refractivity (Wildman–Crippen MR) is 90.7 cm³/mol. The van der Waals surface area contributed by atoms with Gasteiger partial charge in [-0.25, -0.2) is 4.79 Å². The van der Waals surface area contributed by atoms with E-state index in [9.17, 15) is 9.59 Å². The Morgan fingerprint density at radius 1 is 1.09 bits per heavy atom. The van der Waals surface area contributed by atoms with E-state index in [0.717, 1.165) is 23.2 Å². The van der Waals surface area contributed by atoms with Gasteiger partial charge in [-0.3, -0.25) is 4.79 Å². The lowest BCUT2D eigenvalue weighted by atomic mass is 10.1. The van der Waals surface area contributed by atoms with Crippen molar-refractivity contribution in [3.05, 3.63) is 47.0 Å². The summed E-state index contributed by atoms with van der Waals surface area (Å²) >= 11 is 0. The van der Waals surface area contributed by atoms with E-state index >= 15 is 0 Å². The Morgan fingerprint density at radius 3 is 2.35 bits per heavy atom. The Morgan fingerprint density at radius 2 is 1.74 bits per heavy atom. The van der Waals surface area contributed by atoms with Crippen LogP contribution in [0.25, 0.3) is 0 Å². The molecule has 5 nitrogen and oxygen atoms in total. The van der Waals surface area contributed by atoms with E-state index in [1.54, 1.807) is 6.08 Å². The molecule has 1 aromatic rings. The summed E-state index contributed by atoms with van der Waals surface area (Å²) in [5.74, 6) is 0.585. The number of carbonyl (C=O) groups is 2. The van der Waals surface area contributed by atoms with E-state index in [1.165, 1.54) is 12.8 Å². The van der Waals surface area contributed by atoms with Gasteiger partial charge in [0.2, 0.25) is 5.91 Å². The number of hydrogen-bond donors (Lipinski definition) is 3. The highest BCUT2D eigenvalue weighted by Gasteiger charge is 2.21. The van der Waals surface area contributed by atoms with Crippen LogP contribution in [-0.4, -0.2) is 18.5 Å². The largest absolute Gasteiger partial charge is 0.348 e. The lowest BCUT2D eigenvalue weighted by Gasteiger charge is -2.09. The third kappa shape index (κ3) is 7.00. The van der Waals surface area contributed by atoms with Gasteiger partial charge >= 0.3 is 6.03 Å². The summed E-state index contributed by atoms with van der Waals surface area (Å²) in [6.45, 7) is 5.50. The van der Waals surface area contributed by atoms with Gasteiger partial charge in [0, 0.05) is 25.7 Å². The van der Waals surface area contributed by atoms with Gasteiger partial charge in [0.1, 0.15) is 0 Å². The maximum absolute atomic E-state index is 11.7. The zero-order chi connectivity index (χ0) is 16.7. The van der Waals surface area contributed by atoms with Crippen molar-refractivity contribution in [2.75, 3.05) is 6.54 Å². The van der Waals surface area contributed by atoms with Crippen LogP contribution in [0.1, 0.15) is 37.8 Å². The average molecular weight is 315 g/mol. The number of benzene rings is 1.